The molecule has 0 aromatic heterocycles. The van der Waals surface area contributed by atoms with Crippen LogP contribution in [0.15, 0.2) is 42.5 Å². The summed E-state index contributed by atoms with van der Waals surface area (Å²) in [6.45, 7) is 9.92. The van der Waals surface area contributed by atoms with E-state index in [1.807, 2.05) is 77.1 Å². The molecule has 3 heteroatoms. The summed E-state index contributed by atoms with van der Waals surface area (Å²) in [6, 6.07) is 13.8. The Morgan fingerprint density at radius 3 is 2.09 bits per heavy atom. The van der Waals surface area contributed by atoms with Crippen molar-refractivity contribution in [1.82, 2.24) is 0 Å². The van der Waals surface area contributed by atoms with Crippen molar-refractivity contribution in [2.45, 2.75) is 46.8 Å². The van der Waals surface area contributed by atoms with Gasteiger partial charge in [0.05, 0.1) is 5.56 Å². The number of hydrogen-bond acceptors (Lipinski definition) is 3. The molecule has 0 atom stereocenters. The Morgan fingerprint density at radius 1 is 1.00 bits per heavy atom. The summed E-state index contributed by atoms with van der Waals surface area (Å²) in [5.74, 6) is 0.471. The number of rotatable bonds is 4. The second-order valence-corrected chi connectivity index (χ2v) is 6.71. The van der Waals surface area contributed by atoms with E-state index in [1.165, 1.54) is 0 Å². The lowest BCUT2D eigenvalue weighted by Crippen LogP contribution is -2.24. The van der Waals surface area contributed by atoms with E-state index in [-0.39, 0.29) is 5.97 Å². The molecule has 2 rings (SSSR count). The third-order valence-corrected chi connectivity index (χ3v) is 3.36. The smallest absolute Gasteiger partial charge is 0.339 e. The molecule has 0 heterocycles. The van der Waals surface area contributed by atoms with Crippen LogP contribution < -0.4 is 4.74 Å². The summed E-state index contributed by atoms with van der Waals surface area (Å²) < 4.78 is 11.3. The Balaban J connectivity index is 2.15. The van der Waals surface area contributed by atoms with Crippen LogP contribution in [0, 0.1) is 13.8 Å². The zero-order valence-electron chi connectivity index (χ0n) is 14.5. The van der Waals surface area contributed by atoms with Crippen LogP contribution in [-0.2, 0) is 11.3 Å². The Labute approximate surface area is 138 Å². The minimum absolute atomic E-state index is 0.290. The van der Waals surface area contributed by atoms with Gasteiger partial charge in [0, 0.05) is 0 Å². The largest absolute Gasteiger partial charge is 0.489 e. The summed E-state index contributed by atoms with van der Waals surface area (Å²) in [4.78, 5) is 12.3. The molecule has 2 aromatic rings. The average molecular weight is 312 g/mol. The lowest BCUT2D eigenvalue weighted by Gasteiger charge is -2.21. The predicted octanol–water partition coefficient (Wildman–Crippen LogP) is 4.84. The molecule has 0 aliphatic rings. The molecular formula is C20H24O3. The molecule has 0 N–H and O–H groups in total. The number of carbonyl (C=O) groups excluding carboxylic acids is 1. The first-order valence-electron chi connectivity index (χ1n) is 7.77. The van der Waals surface area contributed by atoms with Crippen LogP contribution in [0.4, 0.5) is 0 Å². The molecule has 0 aliphatic carbocycles. The number of benzene rings is 2. The quantitative estimate of drug-likeness (QED) is 0.758. The predicted molar refractivity (Wildman–Crippen MR) is 91.9 cm³/mol. The monoisotopic (exact) mass is 312 g/mol. The van der Waals surface area contributed by atoms with E-state index in [4.69, 9.17) is 9.47 Å². The molecule has 0 bridgehead atoms. The summed E-state index contributed by atoms with van der Waals surface area (Å²) in [6.07, 6.45) is 0. The van der Waals surface area contributed by atoms with Crippen molar-refractivity contribution in [3.63, 3.8) is 0 Å². The third-order valence-electron chi connectivity index (χ3n) is 3.36. The van der Waals surface area contributed by atoms with E-state index in [9.17, 15) is 4.79 Å². The van der Waals surface area contributed by atoms with Crippen LogP contribution in [0.1, 0.15) is 47.8 Å². The molecule has 23 heavy (non-hydrogen) atoms. The van der Waals surface area contributed by atoms with Crippen molar-refractivity contribution in [1.29, 1.82) is 0 Å². The molecule has 0 unspecified atom stereocenters. The fourth-order valence-corrected chi connectivity index (χ4v) is 2.40. The Hall–Kier alpha value is -2.29. The normalized spacial score (nSPS) is 11.2. The molecule has 0 aliphatic heterocycles. The molecule has 0 amide bonds. The lowest BCUT2D eigenvalue weighted by molar-refractivity contribution is 0.00679. The van der Waals surface area contributed by atoms with E-state index in [1.54, 1.807) is 0 Å². The molecular weight excluding hydrogens is 288 g/mol. The number of esters is 1. The van der Waals surface area contributed by atoms with Crippen LogP contribution in [-0.4, -0.2) is 11.6 Å². The number of ether oxygens (including phenoxy) is 2. The van der Waals surface area contributed by atoms with Crippen molar-refractivity contribution in [3.05, 3.63) is 64.7 Å². The van der Waals surface area contributed by atoms with Gasteiger partial charge in [-0.15, -0.1) is 0 Å². The van der Waals surface area contributed by atoms with E-state index >= 15 is 0 Å². The second-order valence-electron chi connectivity index (χ2n) is 6.71. The van der Waals surface area contributed by atoms with E-state index in [0.29, 0.717) is 12.2 Å². The first kappa shape index (κ1) is 17.1. The fourth-order valence-electron chi connectivity index (χ4n) is 2.40. The maximum absolute atomic E-state index is 12.3. The first-order chi connectivity index (χ1) is 10.8. The minimum atomic E-state index is -0.502. The first-order valence-corrected chi connectivity index (χ1v) is 7.77. The molecule has 122 valence electrons. The maximum atomic E-state index is 12.3. The highest BCUT2D eigenvalue weighted by Gasteiger charge is 2.21. The van der Waals surface area contributed by atoms with Crippen molar-refractivity contribution in [2.24, 2.45) is 0 Å². The SMILES string of the molecule is Cc1cc(OCc2ccccc2)cc(C)c1C(=O)OC(C)(C)C. The van der Waals surface area contributed by atoms with Gasteiger partial charge in [-0.3, -0.25) is 0 Å². The molecule has 0 radical (unpaired) electrons. The van der Waals surface area contributed by atoms with Crippen molar-refractivity contribution in [3.8, 4) is 5.75 Å². The topological polar surface area (TPSA) is 35.5 Å². The average Bonchev–Trinajstić information content (AvgIpc) is 2.43. The Morgan fingerprint density at radius 2 is 1.57 bits per heavy atom. The van der Waals surface area contributed by atoms with Gasteiger partial charge in [0.1, 0.15) is 18.0 Å². The van der Waals surface area contributed by atoms with Crippen LogP contribution >= 0.6 is 0 Å². The highest BCUT2D eigenvalue weighted by Crippen LogP contribution is 2.25. The van der Waals surface area contributed by atoms with Crippen LogP contribution in [0.3, 0.4) is 0 Å². The van der Waals surface area contributed by atoms with Crippen LogP contribution in [0.25, 0.3) is 0 Å². The van der Waals surface area contributed by atoms with Crippen molar-refractivity contribution in [2.75, 3.05) is 0 Å². The molecule has 2 aromatic carbocycles. The zero-order valence-corrected chi connectivity index (χ0v) is 14.5. The molecule has 0 spiro atoms. The third kappa shape index (κ3) is 4.85. The van der Waals surface area contributed by atoms with Gasteiger partial charge >= 0.3 is 5.97 Å². The second kappa shape index (κ2) is 6.86. The minimum Gasteiger partial charge on any atom is -0.489 e. The van der Waals surface area contributed by atoms with E-state index < -0.39 is 5.60 Å². The van der Waals surface area contributed by atoms with Gasteiger partial charge in [-0.25, -0.2) is 4.79 Å². The van der Waals surface area contributed by atoms with Gasteiger partial charge < -0.3 is 9.47 Å². The van der Waals surface area contributed by atoms with Crippen LogP contribution in [0.2, 0.25) is 0 Å². The fraction of sp³-hybridized carbons (Fsp3) is 0.350. The van der Waals surface area contributed by atoms with Gasteiger partial charge in [0.2, 0.25) is 0 Å². The standard InChI is InChI=1S/C20H24O3/c1-14-11-17(22-13-16-9-7-6-8-10-16)12-15(2)18(14)19(21)23-20(3,4)5/h6-12H,13H2,1-5H3. The van der Waals surface area contributed by atoms with Crippen LogP contribution in [0.5, 0.6) is 5.75 Å². The Bertz CT molecular complexity index is 659. The lowest BCUT2D eigenvalue weighted by atomic mass is 10.0. The summed E-state index contributed by atoms with van der Waals surface area (Å²) in [5, 5.41) is 0. The highest BCUT2D eigenvalue weighted by atomic mass is 16.6. The van der Waals surface area contributed by atoms with Crippen molar-refractivity contribution >= 4 is 5.97 Å². The van der Waals surface area contributed by atoms with Gasteiger partial charge in [0.15, 0.2) is 0 Å². The highest BCUT2D eigenvalue weighted by molar-refractivity contribution is 5.93. The maximum Gasteiger partial charge on any atom is 0.339 e. The van der Waals surface area contributed by atoms with Gasteiger partial charge in [-0.1, -0.05) is 30.3 Å². The molecule has 0 fully saturated rings. The van der Waals surface area contributed by atoms with Gasteiger partial charge in [-0.05, 0) is 63.4 Å². The summed E-state index contributed by atoms with van der Waals surface area (Å²) in [7, 11) is 0. The number of aryl methyl sites for hydroxylation is 2. The number of hydrogen-bond donors (Lipinski definition) is 0. The summed E-state index contributed by atoms with van der Waals surface area (Å²) in [5.41, 5.74) is 2.95. The Kier molecular flexibility index (Phi) is 5.09. The number of carbonyl (C=O) groups is 1. The van der Waals surface area contributed by atoms with Gasteiger partial charge in [0.25, 0.3) is 0 Å². The van der Waals surface area contributed by atoms with E-state index in [2.05, 4.69) is 0 Å². The zero-order chi connectivity index (χ0) is 17.0. The van der Waals surface area contributed by atoms with Gasteiger partial charge in [-0.2, -0.15) is 0 Å². The molecule has 3 nitrogen and oxygen atoms in total. The van der Waals surface area contributed by atoms with E-state index in [0.717, 1.165) is 22.4 Å². The molecule has 0 saturated carbocycles. The van der Waals surface area contributed by atoms with Crippen molar-refractivity contribution < 1.29 is 14.3 Å². The molecule has 0 saturated heterocycles. The summed E-state index contributed by atoms with van der Waals surface area (Å²) >= 11 is 0.